The molecule has 178 valence electrons. The summed E-state index contributed by atoms with van der Waals surface area (Å²) < 4.78 is 34.8. The summed E-state index contributed by atoms with van der Waals surface area (Å²) >= 11 is 0. The Morgan fingerprint density at radius 2 is 1.79 bits per heavy atom. The number of aromatic nitrogens is 1. The summed E-state index contributed by atoms with van der Waals surface area (Å²) in [5.74, 6) is -0.326. The molecule has 0 radical (unpaired) electrons. The molecule has 7 heteroatoms. The second kappa shape index (κ2) is 9.24. The van der Waals surface area contributed by atoms with Crippen LogP contribution in [0.4, 0.5) is 0 Å². The van der Waals surface area contributed by atoms with E-state index in [2.05, 4.69) is 29.6 Å². The molecule has 6 nitrogen and oxygen atoms in total. The lowest BCUT2D eigenvalue weighted by molar-refractivity contribution is -0.142. The lowest BCUT2D eigenvalue weighted by atomic mass is 10.0. The van der Waals surface area contributed by atoms with E-state index >= 15 is 0 Å². The number of hydrogen-bond acceptors (Lipinski definition) is 4. The second-order valence-corrected chi connectivity index (χ2v) is 10.7. The predicted molar refractivity (Wildman–Crippen MR) is 135 cm³/mol. The molecule has 1 heterocycles. The van der Waals surface area contributed by atoms with Gasteiger partial charge in [0.25, 0.3) is 0 Å². The first kappa shape index (κ1) is 24.0. The Hall–Kier alpha value is -3.16. The Bertz CT molecular complexity index is 1440. The number of carbonyl (C=O) groups excluding carboxylic acids is 1. The van der Waals surface area contributed by atoms with E-state index < -0.39 is 22.0 Å². The number of methoxy groups -OCH3 is 1. The van der Waals surface area contributed by atoms with Gasteiger partial charge in [0.1, 0.15) is 6.04 Å². The van der Waals surface area contributed by atoms with Crippen molar-refractivity contribution in [1.29, 1.82) is 0 Å². The van der Waals surface area contributed by atoms with Crippen LogP contribution < -0.4 is 4.72 Å². The monoisotopic (exact) mass is 478 g/mol. The molecule has 0 aliphatic heterocycles. The molecule has 0 saturated carbocycles. The molecule has 2 aromatic rings. The van der Waals surface area contributed by atoms with Crippen molar-refractivity contribution in [3.63, 3.8) is 0 Å². The number of sulfonamides is 1. The Balaban J connectivity index is 1.74. The summed E-state index contributed by atoms with van der Waals surface area (Å²) in [7, 11) is -2.76. The van der Waals surface area contributed by atoms with Gasteiger partial charge in [0, 0.05) is 29.1 Å². The van der Waals surface area contributed by atoms with Crippen molar-refractivity contribution in [2.45, 2.75) is 51.0 Å². The Labute approximate surface area is 200 Å². The highest BCUT2D eigenvalue weighted by atomic mass is 32.2. The maximum Gasteiger partial charge on any atom is 0.324 e. The van der Waals surface area contributed by atoms with Gasteiger partial charge in [-0.3, -0.25) is 4.79 Å². The third-order valence-corrected chi connectivity index (χ3v) is 7.85. The zero-order valence-corrected chi connectivity index (χ0v) is 20.9. The molecule has 1 aromatic heterocycles. The van der Waals surface area contributed by atoms with Crippen molar-refractivity contribution in [3.8, 4) is 11.1 Å². The number of rotatable bonds is 7. The van der Waals surface area contributed by atoms with Crippen molar-refractivity contribution >= 4 is 26.9 Å². The van der Waals surface area contributed by atoms with Gasteiger partial charge in [-0.2, -0.15) is 4.72 Å². The number of fused-ring (bicyclic) bond motifs is 2. The molecule has 2 aliphatic carbocycles. The Morgan fingerprint density at radius 1 is 1.06 bits per heavy atom. The van der Waals surface area contributed by atoms with Crippen LogP contribution in [0.2, 0.25) is 0 Å². The van der Waals surface area contributed by atoms with Crippen molar-refractivity contribution in [2.75, 3.05) is 7.11 Å². The number of esters is 1. The van der Waals surface area contributed by atoms with Crippen LogP contribution in [0.1, 0.15) is 42.0 Å². The Morgan fingerprint density at radius 3 is 2.50 bits per heavy atom. The molecule has 0 fully saturated rings. The first-order valence-electron chi connectivity index (χ1n) is 11.3. The van der Waals surface area contributed by atoms with Crippen molar-refractivity contribution in [1.82, 2.24) is 9.71 Å². The quantitative estimate of drug-likeness (QED) is 0.363. The fraction of sp³-hybridized carbons (Fsp3) is 0.296. The van der Waals surface area contributed by atoms with Gasteiger partial charge in [0.15, 0.2) is 0 Å². The number of H-pyrrole nitrogens is 1. The summed E-state index contributed by atoms with van der Waals surface area (Å²) in [6, 6.07) is 14.4. The van der Waals surface area contributed by atoms with Crippen LogP contribution in [0.25, 0.3) is 22.0 Å². The molecule has 0 amide bonds. The van der Waals surface area contributed by atoms with E-state index in [1.165, 1.54) is 7.11 Å². The first-order valence-corrected chi connectivity index (χ1v) is 12.8. The number of ether oxygens (including phenoxy) is 1. The molecule has 2 N–H and O–H groups in total. The highest BCUT2D eigenvalue weighted by Crippen LogP contribution is 2.38. The van der Waals surface area contributed by atoms with Gasteiger partial charge in [-0.25, -0.2) is 8.42 Å². The van der Waals surface area contributed by atoms with E-state index in [0.29, 0.717) is 11.5 Å². The third kappa shape index (κ3) is 4.45. The molecule has 0 bridgehead atoms. The fourth-order valence-electron chi connectivity index (χ4n) is 4.45. The highest BCUT2D eigenvalue weighted by Gasteiger charge is 2.31. The smallest absolute Gasteiger partial charge is 0.324 e. The average molecular weight is 479 g/mol. The summed E-state index contributed by atoms with van der Waals surface area (Å²) in [5.41, 5.74) is 6.21. The van der Waals surface area contributed by atoms with Crippen molar-refractivity contribution < 1.29 is 17.9 Å². The van der Waals surface area contributed by atoms with Crippen LogP contribution in [-0.4, -0.2) is 32.5 Å². The number of aromatic amines is 1. The van der Waals surface area contributed by atoms with E-state index in [9.17, 15) is 13.2 Å². The number of hydrogen-bond donors (Lipinski definition) is 2. The van der Waals surface area contributed by atoms with E-state index in [1.54, 1.807) is 12.3 Å². The van der Waals surface area contributed by atoms with Crippen molar-refractivity contribution in [2.24, 2.45) is 0 Å². The first-order chi connectivity index (χ1) is 16.1. The third-order valence-electron chi connectivity index (χ3n) is 6.36. The Kier molecular flexibility index (Phi) is 6.51. The van der Waals surface area contributed by atoms with Crippen LogP contribution in [0.15, 0.2) is 59.6 Å². The SMILES string of the molecule is COC(=O)C(Cc1c[nH]c2ccccc12)NS(=O)(=O)c1cc(C)c2cc(C(C)C)ccc(C)c1-2. The largest absolute Gasteiger partial charge is 0.468 e. The van der Waals surface area contributed by atoms with Crippen LogP contribution in [0.5, 0.6) is 0 Å². The van der Waals surface area contributed by atoms with E-state index in [-0.39, 0.29) is 11.3 Å². The van der Waals surface area contributed by atoms with E-state index in [0.717, 1.165) is 38.7 Å². The summed E-state index contributed by atoms with van der Waals surface area (Å²) in [4.78, 5) is 16.0. The highest BCUT2D eigenvalue weighted by molar-refractivity contribution is 7.89. The average Bonchev–Trinajstić information content (AvgIpc) is 3.30. The second-order valence-electron chi connectivity index (χ2n) is 9.06. The molecule has 1 aromatic carbocycles. The van der Waals surface area contributed by atoms with Gasteiger partial charge in [-0.15, -0.1) is 0 Å². The van der Waals surface area contributed by atoms with Crippen molar-refractivity contribution in [3.05, 3.63) is 77.0 Å². The molecule has 1 atom stereocenters. The van der Waals surface area contributed by atoms with Crippen LogP contribution in [-0.2, 0) is 26.0 Å². The van der Waals surface area contributed by atoms with E-state index in [1.807, 2.05) is 50.2 Å². The lowest BCUT2D eigenvalue weighted by Crippen LogP contribution is -2.43. The predicted octanol–water partition coefficient (Wildman–Crippen LogP) is 5.08. The maximum atomic E-state index is 13.6. The number of nitrogens with one attached hydrogen (secondary N) is 2. The van der Waals surface area contributed by atoms with Gasteiger partial charge in [-0.1, -0.05) is 50.2 Å². The van der Waals surface area contributed by atoms with Gasteiger partial charge >= 0.3 is 5.97 Å². The molecule has 34 heavy (non-hydrogen) atoms. The summed E-state index contributed by atoms with van der Waals surface area (Å²) in [6.07, 6.45) is 1.96. The zero-order chi connectivity index (χ0) is 24.6. The standard InChI is InChI=1S/C27H30N2O4S/c1-16(2)19-11-10-17(3)26-22(13-19)18(4)12-25(26)34(31,32)29-24(27(30)33-5)14-20-15-28-23-9-7-6-8-21(20)23/h6-13,15-16,24,28-29H,14H2,1-5H3. The normalized spacial score (nSPS) is 13.0. The number of benzene rings is 1. The zero-order valence-electron chi connectivity index (χ0n) is 20.1. The lowest BCUT2D eigenvalue weighted by Gasteiger charge is -2.17. The molecule has 4 rings (SSSR count). The summed E-state index contributed by atoms with van der Waals surface area (Å²) in [6.45, 7) is 8.04. The van der Waals surface area contributed by atoms with Crippen LogP contribution in [0, 0.1) is 13.8 Å². The molecule has 0 saturated heterocycles. The van der Waals surface area contributed by atoms with Gasteiger partial charge in [-0.05, 0) is 59.7 Å². The maximum absolute atomic E-state index is 13.6. The van der Waals surface area contributed by atoms with Crippen LogP contribution >= 0.6 is 0 Å². The number of carbonyl (C=O) groups is 1. The van der Waals surface area contributed by atoms with Gasteiger partial charge in [0.2, 0.25) is 10.0 Å². The van der Waals surface area contributed by atoms with Gasteiger partial charge < -0.3 is 9.72 Å². The van der Waals surface area contributed by atoms with Gasteiger partial charge in [0.05, 0.1) is 12.0 Å². The molecule has 2 aliphatic rings. The minimum absolute atomic E-state index is 0.164. The minimum Gasteiger partial charge on any atom is -0.468 e. The minimum atomic E-state index is -4.02. The number of para-hydroxylation sites is 1. The molecular weight excluding hydrogens is 448 g/mol. The van der Waals surface area contributed by atoms with E-state index in [4.69, 9.17) is 4.74 Å². The topological polar surface area (TPSA) is 88.3 Å². The molecular formula is C27H30N2O4S. The summed E-state index contributed by atoms with van der Waals surface area (Å²) in [5, 5.41) is 0.939. The molecule has 0 spiro atoms. The molecule has 1 unspecified atom stereocenters. The fourth-order valence-corrected chi connectivity index (χ4v) is 6.00. The number of aryl methyl sites for hydroxylation is 2. The van der Waals surface area contributed by atoms with Crippen LogP contribution in [0.3, 0.4) is 0 Å².